The molecule has 132 valence electrons. The Morgan fingerprint density at radius 1 is 1.28 bits per heavy atom. The van der Waals surface area contributed by atoms with Crippen LogP contribution in [-0.2, 0) is 0 Å². The van der Waals surface area contributed by atoms with Gasteiger partial charge in [0.2, 0.25) is 0 Å². The molecule has 2 N–H and O–H groups in total. The molecular weight excluding hydrogens is 319 g/mol. The number of amides is 2. The average Bonchev–Trinajstić information content (AvgIpc) is 3.12. The average molecular weight is 342 g/mol. The minimum atomic E-state index is -0.261. The third-order valence-electron chi connectivity index (χ3n) is 4.53. The summed E-state index contributed by atoms with van der Waals surface area (Å²) in [6.07, 6.45) is 4.98. The summed E-state index contributed by atoms with van der Waals surface area (Å²) in [5.41, 5.74) is 4.00. The number of halogens is 1. The van der Waals surface area contributed by atoms with E-state index in [9.17, 15) is 9.18 Å². The lowest BCUT2D eigenvalue weighted by Crippen LogP contribution is -2.40. The highest BCUT2D eigenvalue weighted by Crippen LogP contribution is 2.33. The van der Waals surface area contributed by atoms with Crippen LogP contribution in [0.2, 0.25) is 0 Å². The van der Waals surface area contributed by atoms with Crippen molar-refractivity contribution in [3.05, 3.63) is 59.2 Å². The molecule has 5 nitrogen and oxygen atoms in total. The summed E-state index contributed by atoms with van der Waals surface area (Å²) in [5, 5.41) is 10.3. The molecule has 0 fully saturated rings. The maximum absolute atomic E-state index is 13.2. The maximum Gasteiger partial charge on any atom is 0.315 e. The molecule has 3 rings (SSSR count). The normalized spacial score (nSPS) is 19.2. The van der Waals surface area contributed by atoms with Crippen LogP contribution >= 0.6 is 0 Å². The summed E-state index contributed by atoms with van der Waals surface area (Å²) in [7, 11) is 0. The largest absolute Gasteiger partial charge is 0.338 e. The van der Waals surface area contributed by atoms with Gasteiger partial charge in [-0.15, -0.1) is 0 Å². The van der Waals surface area contributed by atoms with Crippen LogP contribution < -0.4 is 10.6 Å². The second-order valence-electron chi connectivity index (χ2n) is 6.31. The topological polar surface area (TPSA) is 59.0 Å². The van der Waals surface area contributed by atoms with Gasteiger partial charge in [-0.1, -0.05) is 12.2 Å². The number of benzene rings is 1. The number of carbonyl (C=O) groups is 1. The third-order valence-corrected chi connectivity index (χ3v) is 4.53. The smallest absolute Gasteiger partial charge is 0.315 e. The lowest BCUT2D eigenvalue weighted by atomic mass is 9.96. The van der Waals surface area contributed by atoms with E-state index < -0.39 is 0 Å². The van der Waals surface area contributed by atoms with Crippen molar-refractivity contribution in [2.24, 2.45) is 0 Å². The number of allylic oxidation sites excluding steroid dienone is 1. The SMILES string of the molecule is CCNC(=O)N[C@@H]1C=C[C@@H](c2c(C)nn(-c3ccc(F)cc3)c2C)C1. The predicted molar refractivity (Wildman–Crippen MR) is 95.5 cm³/mol. The number of carbonyl (C=O) groups excluding carboxylic acids is 1. The number of aryl methyl sites for hydroxylation is 1. The Hall–Kier alpha value is -2.63. The van der Waals surface area contributed by atoms with Crippen molar-refractivity contribution in [1.82, 2.24) is 20.4 Å². The zero-order chi connectivity index (χ0) is 18.0. The van der Waals surface area contributed by atoms with Crippen molar-refractivity contribution in [1.29, 1.82) is 0 Å². The third kappa shape index (κ3) is 3.57. The molecule has 2 amide bonds. The van der Waals surface area contributed by atoms with Crippen LogP contribution in [0.25, 0.3) is 5.69 Å². The van der Waals surface area contributed by atoms with Crippen LogP contribution in [-0.4, -0.2) is 28.4 Å². The lowest BCUT2D eigenvalue weighted by molar-refractivity contribution is 0.239. The molecule has 1 aliphatic rings. The van der Waals surface area contributed by atoms with Crippen molar-refractivity contribution in [2.45, 2.75) is 39.2 Å². The molecular formula is C19H23FN4O. The lowest BCUT2D eigenvalue weighted by Gasteiger charge is -2.15. The molecule has 1 heterocycles. The van der Waals surface area contributed by atoms with Gasteiger partial charge in [-0.3, -0.25) is 0 Å². The van der Waals surface area contributed by atoms with Crippen LogP contribution in [0.15, 0.2) is 36.4 Å². The number of hydrogen-bond acceptors (Lipinski definition) is 2. The summed E-state index contributed by atoms with van der Waals surface area (Å²) < 4.78 is 15.0. The van der Waals surface area contributed by atoms with Gasteiger partial charge in [-0.2, -0.15) is 5.10 Å². The highest BCUT2D eigenvalue weighted by atomic mass is 19.1. The minimum absolute atomic E-state index is 0.0181. The number of nitrogens with zero attached hydrogens (tertiary/aromatic N) is 2. The van der Waals surface area contributed by atoms with E-state index in [0.29, 0.717) is 6.54 Å². The van der Waals surface area contributed by atoms with Gasteiger partial charge in [0, 0.05) is 29.8 Å². The Bertz CT molecular complexity index is 795. The molecule has 0 saturated heterocycles. The second-order valence-corrected chi connectivity index (χ2v) is 6.31. The van der Waals surface area contributed by atoms with Crippen LogP contribution in [0.5, 0.6) is 0 Å². The van der Waals surface area contributed by atoms with E-state index in [1.165, 1.54) is 17.7 Å². The maximum atomic E-state index is 13.2. The van der Waals surface area contributed by atoms with Gasteiger partial charge < -0.3 is 10.6 Å². The first-order valence-electron chi connectivity index (χ1n) is 8.54. The van der Waals surface area contributed by atoms with Gasteiger partial charge in [0.15, 0.2) is 0 Å². The fraction of sp³-hybridized carbons (Fsp3) is 0.368. The number of aromatic nitrogens is 2. The first kappa shape index (κ1) is 17.2. The van der Waals surface area contributed by atoms with E-state index in [1.54, 1.807) is 12.1 Å². The van der Waals surface area contributed by atoms with Crippen molar-refractivity contribution in [3.63, 3.8) is 0 Å². The first-order chi connectivity index (χ1) is 12.0. The van der Waals surface area contributed by atoms with Crippen LogP contribution in [0, 0.1) is 19.7 Å². The molecule has 6 heteroatoms. The molecule has 0 aliphatic heterocycles. The zero-order valence-electron chi connectivity index (χ0n) is 14.7. The van der Waals surface area contributed by atoms with Gasteiger partial charge in [-0.05, 0) is 51.5 Å². The Kier molecular flexibility index (Phi) is 4.88. The minimum Gasteiger partial charge on any atom is -0.338 e. The summed E-state index contributed by atoms with van der Waals surface area (Å²) in [4.78, 5) is 11.7. The van der Waals surface area contributed by atoms with Gasteiger partial charge in [-0.25, -0.2) is 13.9 Å². The van der Waals surface area contributed by atoms with Gasteiger partial charge >= 0.3 is 6.03 Å². The molecule has 0 radical (unpaired) electrons. The second kappa shape index (κ2) is 7.09. The molecule has 1 aromatic heterocycles. The summed E-state index contributed by atoms with van der Waals surface area (Å²) in [6, 6.07) is 6.20. The zero-order valence-corrected chi connectivity index (χ0v) is 14.7. The Balaban J connectivity index is 1.79. The Labute approximate surface area is 146 Å². The summed E-state index contributed by atoms with van der Waals surface area (Å²) in [5.74, 6) is -0.0513. The van der Waals surface area contributed by atoms with E-state index in [1.807, 2.05) is 31.5 Å². The van der Waals surface area contributed by atoms with E-state index in [0.717, 1.165) is 23.5 Å². The number of rotatable bonds is 4. The van der Waals surface area contributed by atoms with Crippen molar-refractivity contribution >= 4 is 6.03 Å². The fourth-order valence-electron chi connectivity index (χ4n) is 3.43. The predicted octanol–water partition coefficient (Wildman–Crippen LogP) is 3.36. The Morgan fingerprint density at radius 3 is 2.68 bits per heavy atom. The van der Waals surface area contributed by atoms with Gasteiger partial charge in [0.05, 0.1) is 11.4 Å². The molecule has 2 atom stereocenters. The fourth-order valence-corrected chi connectivity index (χ4v) is 3.43. The molecule has 0 saturated carbocycles. The monoisotopic (exact) mass is 342 g/mol. The van der Waals surface area contributed by atoms with E-state index in [-0.39, 0.29) is 23.8 Å². The van der Waals surface area contributed by atoms with Gasteiger partial charge in [0.1, 0.15) is 5.82 Å². The van der Waals surface area contributed by atoms with Crippen molar-refractivity contribution in [3.8, 4) is 5.69 Å². The van der Waals surface area contributed by atoms with E-state index in [2.05, 4.69) is 21.8 Å². The van der Waals surface area contributed by atoms with Crippen molar-refractivity contribution < 1.29 is 9.18 Å². The molecule has 25 heavy (non-hydrogen) atoms. The molecule has 0 spiro atoms. The number of hydrogen-bond donors (Lipinski definition) is 2. The van der Waals surface area contributed by atoms with Crippen LogP contribution in [0.4, 0.5) is 9.18 Å². The number of nitrogens with one attached hydrogen (secondary N) is 2. The van der Waals surface area contributed by atoms with E-state index in [4.69, 9.17) is 0 Å². The van der Waals surface area contributed by atoms with Gasteiger partial charge in [0.25, 0.3) is 0 Å². The summed E-state index contributed by atoms with van der Waals surface area (Å²) >= 11 is 0. The molecule has 1 aromatic carbocycles. The quantitative estimate of drug-likeness (QED) is 0.837. The van der Waals surface area contributed by atoms with Crippen molar-refractivity contribution in [2.75, 3.05) is 6.54 Å². The molecule has 0 unspecified atom stereocenters. The summed E-state index contributed by atoms with van der Waals surface area (Å²) in [6.45, 7) is 6.51. The molecule has 1 aliphatic carbocycles. The highest BCUT2D eigenvalue weighted by molar-refractivity contribution is 5.74. The molecule has 0 bridgehead atoms. The molecule has 2 aromatic rings. The van der Waals surface area contributed by atoms with Crippen LogP contribution in [0.3, 0.4) is 0 Å². The Morgan fingerprint density at radius 2 is 2.00 bits per heavy atom. The highest BCUT2D eigenvalue weighted by Gasteiger charge is 2.26. The first-order valence-corrected chi connectivity index (χ1v) is 8.54. The standard InChI is InChI=1S/C19H23FN4O/c1-4-21-19(25)22-16-8-5-14(11-16)18-12(2)23-24(13(18)3)17-9-6-15(20)7-10-17/h5-10,14,16H,4,11H2,1-3H3,(H2,21,22,25)/t14-,16-/m1/s1. The van der Waals surface area contributed by atoms with E-state index >= 15 is 0 Å². The number of urea groups is 1. The van der Waals surface area contributed by atoms with Crippen LogP contribution in [0.1, 0.15) is 36.2 Å².